The topological polar surface area (TPSA) is 174 Å². The van der Waals surface area contributed by atoms with Gasteiger partial charge in [-0.1, -0.05) is 24.3 Å². The van der Waals surface area contributed by atoms with Crippen LogP contribution in [0.4, 0.5) is 5.69 Å². The summed E-state index contributed by atoms with van der Waals surface area (Å²) in [6.45, 7) is 0.255. The van der Waals surface area contributed by atoms with Crippen molar-refractivity contribution in [3.63, 3.8) is 0 Å². The molecule has 7 N–H and O–H groups in total. The Morgan fingerprint density at radius 2 is 1.97 bits per heavy atom. The normalized spacial score (nSPS) is 12.7. The predicted octanol–water partition coefficient (Wildman–Crippen LogP) is 0.745. The van der Waals surface area contributed by atoms with Gasteiger partial charge in [0.1, 0.15) is 17.3 Å². The van der Waals surface area contributed by atoms with E-state index in [0.29, 0.717) is 22.6 Å². The molecule has 1 aliphatic carbocycles. The van der Waals surface area contributed by atoms with Gasteiger partial charge >= 0.3 is 0 Å². The first kappa shape index (κ1) is 22.8. The van der Waals surface area contributed by atoms with Crippen LogP contribution in [0.2, 0.25) is 0 Å². The lowest BCUT2D eigenvalue weighted by atomic mass is 10.0. The molecule has 176 valence electrons. The molecule has 11 nitrogen and oxygen atoms in total. The highest BCUT2D eigenvalue weighted by molar-refractivity contribution is 5.94. The maximum Gasteiger partial charge on any atom is 0.293 e. The number of hydrogen-bond acceptors (Lipinski definition) is 8. The van der Waals surface area contributed by atoms with Crippen LogP contribution in [0.25, 0.3) is 11.3 Å². The Morgan fingerprint density at radius 3 is 2.62 bits per heavy atom. The van der Waals surface area contributed by atoms with E-state index in [4.69, 9.17) is 21.6 Å². The molecule has 4 rings (SSSR count). The second-order valence-corrected chi connectivity index (χ2v) is 8.10. The van der Waals surface area contributed by atoms with Crippen molar-refractivity contribution in [2.45, 2.75) is 31.8 Å². The Bertz CT molecular complexity index is 1280. The number of nitrogens with zero attached hydrogens (tertiary/aromatic N) is 3. The number of benzene rings is 2. The lowest BCUT2D eigenvalue weighted by molar-refractivity contribution is -0.120. The monoisotopic (exact) mass is 462 g/mol. The first-order valence-corrected chi connectivity index (χ1v) is 10.7. The van der Waals surface area contributed by atoms with Gasteiger partial charge in [-0.3, -0.25) is 15.0 Å². The summed E-state index contributed by atoms with van der Waals surface area (Å²) < 4.78 is 5.28. The van der Waals surface area contributed by atoms with Crippen molar-refractivity contribution in [2.75, 3.05) is 18.3 Å². The van der Waals surface area contributed by atoms with Crippen LogP contribution in [0.5, 0.6) is 5.75 Å². The van der Waals surface area contributed by atoms with Crippen LogP contribution in [0.1, 0.15) is 29.5 Å². The van der Waals surface area contributed by atoms with Gasteiger partial charge in [0.2, 0.25) is 5.91 Å². The third-order valence-electron chi connectivity index (χ3n) is 5.38. The number of amides is 1. The molecule has 1 saturated carbocycles. The fraction of sp³-hybridized carbons (Fsp3) is 0.261. The van der Waals surface area contributed by atoms with Crippen LogP contribution < -0.4 is 32.5 Å². The lowest BCUT2D eigenvalue weighted by Crippen LogP contribution is -2.38. The molecule has 0 bridgehead atoms. The smallest absolute Gasteiger partial charge is 0.293 e. The Labute approximate surface area is 195 Å². The van der Waals surface area contributed by atoms with E-state index in [1.54, 1.807) is 42.5 Å². The fourth-order valence-electron chi connectivity index (χ4n) is 3.38. The minimum atomic E-state index is -0.445. The van der Waals surface area contributed by atoms with Crippen LogP contribution in [-0.4, -0.2) is 40.0 Å². The van der Waals surface area contributed by atoms with E-state index in [9.17, 15) is 9.59 Å². The zero-order chi connectivity index (χ0) is 24.2. The number of hydrogen-bond donors (Lipinski definition) is 5. The maximum absolute atomic E-state index is 13.2. The second-order valence-electron chi connectivity index (χ2n) is 8.10. The summed E-state index contributed by atoms with van der Waals surface area (Å²) in [4.78, 5) is 27.1. The van der Waals surface area contributed by atoms with Crippen LogP contribution in [-0.2, 0) is 17.8 Å². The third-order valence-corrected chi connectivity index (χ3v) is 5.38. The van der Waals surface area contributed by atoms with E-state index in [0.717, 1.165) is 23.2 Å². The highest BCUT2D eigenvalue weighted by Gasteiger charge is 2.24. The Kier molecular flexibility index (Phi) is 6.44. The first-order chi connectivity index (χ1) is 16.3. The Balaban J connectivity index is 1.59. The first-order valence-electron chi connectivity index (χ1n) is 10.7. The van der Waals surface area contributed by atoms with Gasteiger partial charge in [0, 0.05) is 35.5 Å². The minimum absolute atomic E-state index is 0.0254. The number of nitrogens with one attached hydrogen (secondary N) is 3. The van der Waals surface area contributed by atoms with Gasteiger partial charge < -0.3 is 26.9 Å². The number of ether oxygens (including phenoxy) is 1. The average molecular weight is 463 g/mol. The van der Waals surface area contributed by atoms with E-state index in [1.165, 1.54) is 7.11 Å². The number of methoxy groups -OCH3 is 1. The number of anilines is 1. The molecular weight excluding hydrogens is 436 g/mol. The summed E-state index contributed by atoms with van der Waals surface area (Å²) in [5, 5.41) is 18.5. The van der Waals surface area contributed by atoms with Crippen molar-refractivity contribution >= 4 is 17.4 Å². The zero-order valence-corrected chi connectivity index (χ0v) is 18.7. The Hall–Kier alpha value is -4.41. The lowest BCUT2D eigenvalue weighted by Gasteiger charge is -2.13. The molecular formula is C23H26N8O3. The van der Waals surface area contributed by atoms with Gasteiger partial charge in [0.15, 0.2) is 0 Å². The number of aromatic nitrogens is 3. The van der Waals surface area contributed by atoms with Crippen molar-refractivity contribution in [1.82, 2.24) is 20.4 Å². The van der Waals surface area contributed by atoms with E-state index in [-0.39, 0.29) is 42.0 Å². The molecule has 34 heavy (non-hydrogen) atoms. The molecule has 0 radical (unpaired) electrons. The molecule has 1 heterocycles. The van der Waals surface area contributed by atoms with Crippen molar-refractivity contribution in [3.8, 4) is 17.0 Å². The third kappa shape index (κ3) is 5.31. The largest absolute Gasteiger partial charge is 0.497 e. The molecule has 3 aromatic rings. The number of rotatable bonds is 9. The molecule has 1 fully saturated rings. The van der Waals surface area contributed by atoms with Gasteiger partial charge in [-0.25, -0.2) is 0 Å². The van der Waals surface area contributed by atoms with Crippen molar-refractivity contribution in [3.05, 3.63) is 69.5 Å². The van der Waals surface area contributed by atoms with Gasteiger partial charge in [-0.05, 0) is 35.8 Å². The molecule has 1 amide bonds. The molecule has 2 aromatic carbocycles. The van der Waals surface area contributed by atoms with E-state index in [1.807, 2.05) is 0 Å². The number of carbonyl (C=O) groups excluding carboxylic acids is 1. The molecule has 1 aromatic heterocycles. The van der Waals surface area contributed by atoms with Gasteiger partial charge in [0.25, 0.3) is 5.56 Å². The predicted molar refractivity (Wildman–Crippen MR) is 128 cm³/mol. The van der Waals surface area contributed by atoms with Crippen LogP contribution in [0, 0.1) is 5.41 Å². The molecule has 0 atom stereocenters. The molecule has 0 spiro atoms. The SMILES string of the molecule is COc1cc(N)cc(-c2nnn(NC3CC3)c(=O)c2CC(=O)NCc2ccc(C(=N)N)cc2)c1. The van der Waals surface area contributed by atoms with Crippen molar-refractivity contribution in [2.24, 2.45) is 5.73 Å². The second kappa shape index (κ2) is 9.61. The van der Waals surface area contributed by atoms with Crippen LogP contribution in [0.3, 0.4) is 0 Å². The summed E-state index contributed by atoms with van der Waals surface area (Å²) in [5.41, 5.74) is 16.9. The molecule has 0 saturated heterocycles. The summed E-state index contributed by atoms with van der Waals surface area (Å²) in [7, 11) is 1.51. The quantitative estimate of drug-likeness (QED) is 0.176. The number of nitrogens with two attached hydrogens (primary N) is 2. The van der Waals surface area contributed by atoms with Gasteiger partial charge in [-0.15, -0.1) is 9.89 Å². The minimum Gasteiger partial charge on any atom is -0.497 e. The Morgan fingerprint density at radius 1 is 1.24 bits per heavy atom. The molecule has 11 heteroatoms. The number of nitrogen functional groups attached to an aromatic ring is 2. The van der Waals surface area contributed by atoms with Crippen molar-refractivity contribution in [1.29, 1.82) is 5.41 Å². The molecule has 1 aliphatic rings. The zero-order valence-electron chi connectivity index (χ0n) is 18.7. The van der Waals surface area contributed by atoms with Gasteiger partial charge in [0.05, 0.1) is 19.1 Å². The summed E-state index contributed by atoms with van der Waals surface area (Å²) >= 11 is 0. The number of amidine groups is 1. The highest BCUT2D eigenvalue weighted by Crippen LogP contribution is 2.27. The number of carbonyl (C=O) groups is 1. The fourth-order valence-corrected chi connectivity index (χ4v) is 3.38. The van der Waals surface area contributed by atoms with Crippen molar-refractivity contribution < 1.29 is 9.53 Å². The standard InChI is InChI=1S/C23H26N8O3/c1-34-18-9-15(8-16(24)10-18)21-19(23(33)31(30-28-21)29-17-6-7-17)11-20(32)27-12-13-2-4-14(5-3-13)22(25)26/h2-5,8-10,17,29H,6-7,11-12,24H2,1H3,(H3,25,26)(H,27,32). The van der Waals surface area contributed by atoms with Gasteiger partial charge in [-0.2, -0.15) is 0 Å². The highest BCUT2D eigenvalue weighted by atomic mass is 16.5. The summed E-state index contributed by atoms with van der Waals surface area (Å²) in [6, 6.07) is 12.2. The van der Waals surface area contributed by atoms with Crippen LogP contribution in [0.15, 0.2) is 47.3 Å². The van der Waals surface area contributed by atoms with E-state index < -0.39 is 5.56 Å². The van der Waals surface area contributed by atoms with Crippen LogP contribution >= 0.6 is 0 Å². The van der Waals surface area contributed by atoms with E-state index >= 15 is 0 Å². The molecule has 0 aliphatic heterocycles. The van der Waals surface area contributed by atoms with E-state index in [2.05, 4.69) is 21.1 Å². The average Bonchev–Trinajstić information content (AvgIpc) is 3.64. The molecule has 0 unspecified atom stereocenters. The summed E-state index contributed by atoms with van der Waals surface area (Å²) in [6.07, 6.45) is 1.69. The summed E-state index contributed by atoms with van der Waals surface area (Å²) in [5.74, 6) is 0.125. The maximum atomic E-state index is 13.2.